The minimum absolute atomic E-state index is 0.0570. The van der Waals surface area contributed by atoms with Crippen LogP contribution in [0, 0.1) is 23.4 Å². The van der Waals surface area contributed by atoms with E-state index < -0.39 is 30.1 Å². The summed E-state index contributed by atoms with van der Waals surface area (Å²) in [6.07, 6.45) is 2.04. The van der Waals surface area contributed by atoms with Gasteiger partial charge in [-0.3, -0.25) is 10.1 Å². The van der Waals surface area contributed by atoms with Crippen LogP contribution in [0.4, 0.5) is 13.2 Å². The molecule has 0 aromatic heterocycles. The number of benzene rings is 1. The Morgan fingerprint density at radius 1 is 1.39 bits per heavy atom. The summed E-state index contributed by atoms with van der Waals surface area (Å²) in [5.74, 6) is -3.88. The highest BCUT2D eigenvalue weighted by atomic mass is 19.2. The van der Waals surface area contributed by atoms with Crippen LogP contribution in [0.25, 0.3) is 0 Å². The van der Waals surface area contributed by atoms with Crippen molar-refractivity contribution in [3.05, 3.63) is 35.1 Å². The molecule has 0 bridgehead atoms. The van der Waals surface area contributed by atoms with Crippen molar-refractivity contribution in [1.29, 1.82) is 0 Å². The number of nitrogens with one attached hydrogen (secondary N) is 1. The van der Waals surface area contributed by atoms with Gasteiger partial charge in [0, 0.05) is 13.1 Å². The van der Waals surface area contributed by atoms with Crippen LogP contribution in [-0.2, 0) is 4.79 Å². The average Bonchev–Trinajstić information content (AvgIpc) is 2.52. The van der Waals surface area contributed by atoms with E-state index in [1.807, 2.05) is 0 Å². The molecular formula is C16H21F3N2O2. The first kappa shape index (κ1) is 17.7. The molecule has 2 rings (SSSR count). The zero-order chi connectivity index (χ0) is 17.0. The van der Waals surface area contributed by atoms with Crippen LogP contribution in [0.5, 0.6) is 0 Å². The second-order valence-corrected chi connectivity index (χ2v) is 6.00. The first-order valence-electron chi connectivity index (χ1n) is 7.68. The molecule has 1 aromatic carbocycles. The third-order valence-electron chi connectivity index (χ3n) is 4.10. The molecule has 0 saturated carbocycles. The Labute approximate surface area is 133 Å². The molecule has 2 N–H and O–H groups in total. The molecule has 1 saturated heterocycles. The summed E-state index contributed by atoms with van der Waals surface area (Å²) in [5, 5.41) is 12.1. The maximum atomic E-state index is 13.3. The van der Waals surface area contributed by atoms with Crippen molar-refractivity contribution in [3.63, 3.8) is 0 Å². The molecule has 1 aliphatic rings. The minimum Gasteiger partial charge on any atom is -0.394 e. The Bertz CT molecular complexity index is 545. The molecule has 0 radical (unpaired) electrons. The Morgan fingerprint density at radius 2 is 2.04 bits per heavy atom. The van der Waals surface area contributed by atoms with Gasteiger partial charge in [-0.1, -0.05) is 6.92 Å². The van der Waals surface area contributed by atoms with Crippen molar-refractivity contribution >= 4 is 5.91 Å². The number of hydrogen-bond acceptors (Lipinski definition) is 3. The van der Waals surface area contributed by atoms with Gasteiger partial charge in [-0.25, -0.2) is 13.2 Å². The fourth-order valence-electron chi connectivity index (χ4n) is 2.80. The van der Waals surface area contributed by atoms with E-state index in [9.17, 15) is 23.1 Å². The van der Waals surface area contributed by atoms with Crippen molar-refractivity contribution in [2.75, 3.05) is 26.2 Å². The van der Waals surface area contributed by atoms with E-state index in [-0.39, 0.29) is 18.0 Å². The van der Waals surface area contributed by atoms with Gasteiger partial charge < -0.3 is 10.0 Å². The molecule has 1 heterocycles. The van der Waals surface area contributed by atoms with E-state index in [4.69, 9.17) is 0 Å². The summed E-state index contributed by atoms with van der Waals surface area (Å²) in [5.41, 5.74) is 0.0590. The third kappa shape index (κ3) is 4.45. The average molecular weight is 330 g/mol. The van der Waals surface area contributed by atoms with Crippen LogP contribution >= 0.6 is 0 Å². The number of hydrogen-bond donors (Lipinski definition) is 2. The predicted octanol–water partition coefficient (Wildman–Crippen LogP) is 1.99. The van der Waals surface area contributed by atoms with E-state index in [1.165, 1.54) is 0 Å². The summed E-state index contributed by atoms with van der Waals surface area (Å²) in [7, 11) is 0. The molecule has 0 aliphatic carbocycles. The first-order chi connectivity index (χ1) is 10.9. The quantitative estimate of drug-likeness (QED) is 0.812. The molecule has 2 atom stereocenters. The molecule has 23 heavy (non-hydrogen) atoms. The lowest BCUT2D eigenvalue weighted by molar-refractivity contribution is -0.132. The fraction of sp³-hybridized carbons (Fsp3) is 0.562. The van der Waals surface area contributed by atoms with Crippen molar-refractivity contribution in [2.45, 2.75) is 25.8 Å². The molecule has 128 valence electrons. The molecule has 4 nitrogen and oxygen atoms in total. The zero-order valence-electron chi connectivity index (χ0n) is 13.0. The number of carbonyl (C=O) groups is 1. The number of halogens is 3. The number of carbonyl (C=O) groups excluding carboxylic acids is 1. The van der Waals surface area contributed by atoms with Crippen molar-refractivity contribution in [1.82, 2.24) is 10.2 Å². The lowest BCUT2D eigenvalue weighted by atomic mass is 10.0. The number of likely N-dealkylation sites (tertiary alicyclic amines) is 1. The Balaban J connectivity index is 1.98. The lowest BCUT2D eigenvalue weighted by Gasteiger charge is -2.31. The predicted molar refractivity (Wildman–Crippen MR) is 79.1 cm³/mol. The number of aliphatic hydroxyl groups is 1. The summed E-state index contributed by atoms with van der Waals surface area (Å²) in [4.78, 5) is 13.9. The maximum absolute atomic E-state index is 13.3. The second kappa shape index (κ2) is 7.79. The molecule has 0 unspecified atom stereocenters. The van der Waals surface area contributed by atoms with Gasteiger partial charge in [0.05, 0.1) is 19.2 Å². The van der Waals surface area contributed by atoms with Crippen LogP contribution in [0.3, 0.4) is 0 Å². The monoisotopic (exact) mass is 330 g/mol. The molecular weight excluding hydrogens is 309 g/mol. The topological polar surface area (TPSA) is 52.6 Å². The van der Waals surface area contributed by atoms with Crippen LogP contribution in [0.15, 0.2) is 12.1 Å². The van der Waals surface area contributed by atoms with Crippen LogP contribution < -0.4 is 5.32 Å². The van der Waals surface area contributed by atoms with Gasteiger partial charge in [0.2, 0.25) is 5.91 Å². The summed E-state index contributed by atoms with van der Waals surface area (Å²) >= 11 is 0. The van der Waals surface area contributed by atoms with E-state index in [1.54, 1.807) is 4.90 Å². The molecule has 7 heteroatoms. The van der Waals surface area contributed by atoms with Gasteiger partial charge in [-0.2, -0.15) is 0 Å². The number of aliphatic hydroxyl groups excluding tert-OH is 1. The Hall–Kier alpha value is -1.60. The van der Waals surface area contributed by atoms with Gasteiger partial charge in [0.1, 0.15) is 0 Å². The van der Waals surface area contributed by atoms with E-state index in [0.717, 1.165) is 25.0 Å². The highest BCUT2D eigenvalue weighted by Crippen LogP contribution is 2.20. The zero-order valence-corrected chi connectivity index (χ0v) is 13.0. The number of rotatable bonds is 5. The second-order valence-electron chi connectivity index (χ2n) is 6.00. The van der Waals surface area contributed by atoms with E-state index >= 15 is 0 Å². The number of nitrogens with zero attached hydrogens (tertiary/aromatic N) is 1. The number of piperidine rings is 1. The van der Waals surface area contributed by atoms with Gasteiger partial charge in [-0.05, 0) is 36.5 Å². The highest BCUT2D eigenvalue weighted by molar-refractivity contribution is 5.78. The van der Waals surface area contributed by atoms with Gasteiger partial charge in [0.25, 0.3) is 0 Å². The molecule has 1 aromatic rings. The molecule has 1 amide bonds. The largest absolute Gasteiger partial charge is 0.394 e. The Kier molecular flexibility index (Phi) is 6.01. The van der Waals surface area contributed by atoms with Crippen molar-refractivity contribution in [2.24, 2.45) is 5.92 Å². The highest BCUT2D eigenvalue weighted by Gasteiger charge is 2.22. The molecule has 0 spiro atoms. The van der Waals surface area contributed by atoms with Gasteiger partial charge in [-0.15, -0.1) is 0 Å². The third-order valence-corrected chi connectivity index (χ3v) is 4.10. The summed E-state index contributed by atoms with van der Waals surface area (Å²) in [6.45, 7) is 2.93. The van der Waals surface area contributed by atoms with Crippen LogP contribution in [0.2, 0.25) is 0 Å². The van der Waals surface area contributed by atoms with Crippen molar-refractivity contribution in [3.8, 4) is 0 Å². The summed E-state index contributed by atoms with van der Waals surface area (Å²) in [6, 6.07) is 0.796. The van der Waals surface area contributed by atoms with E-state index in [0.29, 0.717) is 19.0 Å². The van der Waals surface area contributed by atoms with Crippen molar-refractivity contribution < 1.29 is 23.1 Å². The van der Waals surface area contributed by atoms with E-state index in [2.05, 4.69) is 12.2 Å². The fourth-order valence-corrected chi connectivity index (χ4v) is 2.80. The smallest absolute Gasteiger partial charge is 0.236 e. The van der Waals surface area contributed by atoms with Gasteiger partial charge in [0.15, 0.2) is 17.5 Å². The standard InChI is InChI=1S/C16H21F3N2O2/c1-10-3-2-4-21(8-10)15(23)7-20-14(9-22)11-5-12(17)16(19)13(18)6-11/h5-6,10,14,20,22H,2-4,7-9H2,1H3/t10-,14+/m0/s1. The van der Waals surface area contributed by atoms with Gasteiger partial charge >= 0.3 is 0 Å². The number of amides is 1. The Morgan fingerprint density at radius 3 is 2.61 bits per heavy atom. The SMILES string of the molecule is C[C@H]1CCCN(C(=O)CN[C@H](CO)c2cc(F)c(F)c(F)c2)C1. The lowest BCUT2D eigenvalue weighted by Crippen LogP contribution is -2.44. The van der Waals surface area contributed by atoms with Crippen LogP contribution in [-0.4, -0.2) is 42.2 Å². The normalized spacial score (nSPS) is 19.7. The summed E-state index contributed by atoms with van der Waals surface area (Å²) < 4.78 is 39.5. The van der Waals surface area contributed by atoms with Crippen LogP contribution in [0.1, 0.15) is 31.4 Å². The first-order valence-corrected chi connectivity index (χ1v) is 7.68. The molecule has 1 fully saturated rings. The molecule has 1 aliphatic heterocycles. The minimum atomic E-state index is -1.55. The maximum Gasteiger partial charge on any atom is 0.236 e.